The first kappa shape index (κ1) is 30.7. The molecule has 7 nitrogen and oxygen atoms in total. The van der Waals surface area contributed by atoms with E-state index in [9.17, 15) is 14.4 Å². The van der Waals surface area contributed by atoms with Gasteiger partial charge in [0.25, 0.3) is 5.91 Å². The number of nitrogens with zero attached hydrogens (tertiary/aromatic N) is 3. The van der Waals surface area contributed by atoms with Crippen molar-refractivity contribution in [1.82, 2.24) is 15.1 Å². The zero-order valence-electron chi connectivity index (χ0n) is 22.7. The van der Waals surface area contributed by atoms with E-state index in [2.05, 4.69) is 65.5 Å². The summed E-state index contributed by atoms with van der Waals surface area (Å²) in [5.74, 6) is -0.252. The number of rotatable bonds is 16. The van der Waals surface area contributed by atoms with Crippen molar-refractivity contribution in [2.24, 2.45) is 4.99 Å². The SMILES string of the molecule is C=CCC/C=C\C/C=C\C/C=C\C/C=C\CCCC(=O)N1CCN(C(=O)CNC(=O)C2=CCCN=C2)CC1. The van der Waals surface area contributed by atoms with Gasteiger partial charge in [0, 0.05) is 45.4 Å². The number of nitrogens with one attached hydrogen (secondary N) is 1. The monoisotopic (exact) mass is 520 g/mol. The molecule has 0 saturated carbocycles. The molecule has 2 heterocycles. The molecule has 1 N–H and O–H groups in total. The quantitative estimate of drug-likeness (QED) is 0.236. The van der Waals surface area contributed by atoms with Crippen molar-refractivity contribution in [3.05, 3.63) is 72.9 Å². The molecule has 1 fully saturated rings. The second-order valence-corrected chi connectivity index (χ2v) is 9.28. The van der Waals surface area contributed by atoms with E-state index in [-0.39, 0.29) is 24.3 Å². The van der Waals surface area contributed by atoms with Crippen LogP contribution in [0.15, 0.2) is 77.9 Å². The normalized spacial score (nSPS) is 16.2. The number of dihydropyridines is 1. The Labute approximate surface area is 228 Å². The van der Waals surface area contributed by atoms with Gasteiger partial charge in [-0.1, -0.05) is 60.8 Å². The van der Waals surface area contributed by atoms with Gasteiger partial charge in [-0.25, -0.2) is 0 Å². The van der Waals surface area contributed by atoms with E-state index in [1.54, 1.807) is 11.1 Å². The summed E-state index contributed by atoms with van der Waals surface area (Å²) in [7, 11) is 0. The van der Waals surface area contributed by atoms with Crippen molar-refractivity contribution in [3.8, 4) is 0 Å². The number of carbonyl (C=O) groups excluding carboxylic acids is 3. The third kappa shape index (κ3) is 13.2. The number of hydrogen-bond donors (Lipinski definition) is 1. The summed E-state index contributed by atoms with van der Waals surface area (Å²) < 4.78 is 0. The number of piperazine rings is 1. The van der Waals surface area contributed by atoms with Gasteiger partial charge in [0.1, 0.15) is 0 Å². The molecule has 0 aromatic rings. The molecule has 0 unspecified atom stereocenters. The van der Waals surface area contributed by atoms with Crippen LogP contribution in [0.1, 0.15) is 57.8 Å². The zero-order chi connectivity index (χ0) is 27.3. The lowest BCUT2D eigenvalue weighted by Crippen LogP contribution is -2.52. The predicted molar refractivity (Wildman–Crippen MR) is 156 cm³/mol. The number of amides is 3. The average Bonchev–Trinajstić information content (AvgIpc) is 2.96. The molecule has 3 amide bonds. The van der Waals surface area contributed by atoms with Crippen LogP contribution >= 0.6 is 0 Å². The smallest absolute Gasteiger partial charge is 0.252 e. The van der Waals surface area contributed by atoms with Gasteiger partial charge in [0.15, 0.2) is 0 Å². The Bertz CT molecular complexity index is 935. The zero-order valence-corrected chi connectivity index (χ0v) is 22.7. The van der Waals surface area contributed by atoms with Gasteiger partial charge in [-0.2, -0.15) is 0 Å². The number of aliphatic imine (C=N–C) groups is 1. The minimum atomic E-state index is -0.271. The standard InChI is InChI=1S/C31H44N4O3/c1-2-3-4-5-6-7-8-9-10-11-12-13-14-15-16-17-20-29(36)34-22-24-35(25-23-34)30(37)27-33-31(38)28-19-18-21-32-26-28/h2,5-6,8-9,11-12,14-15,19,26H,1,3-4,7,10,13,16-18,20-25,27H2,(H,33,38)/b6-5-,9-8-,12-11-,15-14-. The predicted octanol–water partition coefficient (Wildman–Crippen LogP) is 4.71. The molecule has 7 heteroatoms. The summed E-state index contributed by atoms with van der Waals surface area (Å²) in [5.41, 5.74) is 0.508. The van der Waals surface area contributed by atoms with E-state index in [1.807, 2.05) is 17.1 Å². The van der Waals surface area contributed by atoms with Crippen molar-refractivity contribution in [3.63, 3.8) is 0 Å². The Balaban J connectivity index is 1.49. The molecule has 0 atom stereocenters. The molecule has 0 spiro atoms. The fourth-order valence-corrected chi connectivity index (χ4v) is 4.03. The van der Waals surface area contributed by atoms with Crippen molar-refractivity contribution in [2.75, 3.05) is 39.3 Å². The largest absolute Gasteiger partial charge is 0.343 e. The molecule has 0 aliphatic carbocycles. The minimum Gasteiger partial charge on any atom is -0.343 e. The van der Waals surface area contributed by atoms with Crippen LogP contribution in [0.4, 0.5) is 0 Å². The molecule has 2 aliphatic heterocycles. The first-order valence-electron chi connectivity index (χ1n) is 13.9. The van der Waals surface area contributed by atoms with E-state index < -0.39 is 0 Å². The van der Waals surface area contributed by atoms with Gasteiger partial charge in [0.05, 0.1) is 12.1 Å². The lowest BCUT2D eigenvalue weighted by atomic mass is 10.2. The van der Waals surface area contributed by atoms with Crippen LogP contribution in [-0.2, 0) is 14.4 Å². The second-order valence-electron chi connectivity index (χ2n) is 9.28. The highest BCUT2D eigenvalue weighted by Gasteiger charge is 2.24. The highest BCUT2D eigenvalue weighted by atomic mass is 16.2. The van der Waals surface area contributed by atoms with E-state index in [0.29, 0.717) is 44.7 Å². The molecule has 0 bridgehead atoms. The van der Waals surface area contributed by atoms with Crippen LogP contribution in [-0.4, -0.2) is 73.0 Å². The number of hydrogen-bond acceptors (Lipinski definition) is 4. The van der Waals surface area contributed by atoms with Crippen LogP contribution in [0, 0.1) is 0 Å². The highest BCUT2D eigenvalue weighted by molar-refractivity contribution is 6.13. The Hall–Kier alpha value is -3.48. The summed E-state index contributed by atoms with van der Waals surface area (Å²) in [4.78, 5) is 44.7. The summed E-state index contributed by atoms with van der Waals surface area (Å²) >= 11 is 0. The molecule has 38 heavy (non-hydrogen) atoms. The summed E-state index contributed by atoms with van der Waals surface area (Å²) in [6.45, 7) is 6.45. The molecular weight excluding hydrogens is 476 g/mol. The van der Waals surface area contributed by atoms with Gasteiger partial charge in [-0.05, 0) is 51.4 Å². The highest BCUT2D eigenvalue weighted by Crippen LogP contribution is 2.08. The maximum atomic E-state index is 12.5. The molecule has 2 rings (SSSR count). The van der Waals surface area contributed by atoms with Crippen molar-refractivity contribution in [1.29, 1.82) is 0 Å². The minimum absolute atomic E-state index is 0.0372. The van der Waals surface area contributed by atoms with Crippen LogP contribution in [0.2, 0.25) is 0 Å². The summed E-state index contributed by atoms with van der Waals surface area (Å²) in [6.07, 6.45) is 30.6. The van der Waals surface area contributed by atoms with Gasteiger partial charge in [-0.3, -0.25) is 19.4 Å². The van der Waals surface area contributed by atoms with E-state index in [1.165, 1.54) is 0 Å². The van der Waals surface area contributed by atoms with Gasteiger partial charge >= 0.3 is 0 Å². The fourth-order valence-electron chi connectivity index (χ4n) is 4.03. The lowest BCUT2D eigenvalue weighted by molar-refractivity contribution is -0.139. The summed E-state index contributed by atoms with van der Waals surface area (Å²) in [6, 6.07) is 0. The Morgan fingerprint density at radius 2 is 1.39 bits per heavy atom. The number of allylic oxidation sites excluding steroid dienone is 9. The Morgan fingerprint density at radius 3 is 1.97 bits per heavy atom. The Kier molecular flexibility index (Phi) is 15.9. The molecule has 2 aliphatic rings. The first-order valence-corrected chi connectivity index (χ1v) is 13.9. The second kappa shape index (κ2) is 19.6. The summed E-state index contributed by atoms with van der Waals surface area (Å²) in [5, 5.41) is 2.67. The average molecular weight is 521 g/mol. The van der Waals surface area contributed by atoms with Crippen molar-refractivity contribution in [2.45, 2.75) is 57.8 Å². The lowest BCUT2D eigenvalue weighted by Gasteiger charge is -2.35. The third-order valence-electron chi connectivity index (χ3n) is 6.28. The molecular formula is C31H44N4O3. The number of carbonyl (C=O) groups is 3. The molecule has 1 saturated heterocycles. The van der Waals surface area contributed by atoms with Gasteiger partial charge in [-0.15, -0.1) is 6.58 Å². The molecule has 0 aromatic carbocycles. The van der Waals surface area contributed by atoms with Crippen LogP contribution in [0.3, 0.4) is 0 Å². The molecule has 0 aromatic heterocycles. The topological polar surface area (TPSA) is 82.1 Å². The van der Waals surface area contributed by atoms with E-state index >= 15 is 0 Å². The molecule has 0 radical (unpaired) electrons. The molecule has 206 valence electrons. The maximum absolute atomic E-state index is 12.5. The van der Waals surface area contributed by atoms with Gasteiger partial charge in [0.2, 0.25) is 11.8 Å². The van der Waals surface area contributed by atoms with Crippen LogP contribution in [0.5, 0.6) is 0 Å². The van der Waals surface area contributed by atoms with Crippen LogP contribution < -0.4 is 5.32 Å². The van der Waals surface area contributed by atoms with E-state index in [0.717, 1.165) is 51.4 Å². The van der Waals surface area contributed by atoms with Gasteiger partial charge < -0.3 is 15.1 Å². The van der Waals surface area contributed by atoms with Crippen molar-refractivity contribution >= 4 is 23.9 Å². The number of unbranched alkanes of at least 4 members (excludes halogenated alkanes) is 2. The van der Waals surface area contributed by atoms with E-state index in [4.69, 9.17) is 0 Å². The Morgan fingerprint density at radius 1 is 0.816 bits per heavy atom. The first-order chi connectivity index (χ1) is 18.6. The van der Waals surface area contributed by atoms with Crippen LogP contribution in [0.25, 0.3) is 0 Å². The fraction of sp³-hybridized carbons (Fsp3) is 0.484. The van der Waals surface area contributed by atoms with Crippen molar-refractivity contribution < 1.29 is 14.4 Å². The third-order valence-corrected chi connectivity index (χ3v) is 6.28. The maximum Gasteiger partial charge on any atom is 0.252 e.